The predicted molar refractivity (Wildman–Crippen MR) is 85.5 cm³/mol. The van der Waals surface area contributed by atoms with E-state index in [1.807, 2.05) is 24.3 Å². The van der Waals surface area contributed by atoms with E-state index in [-0.39, 0.29) is 5.91 Å². The molecule has 0 aromatic heterocycles. The van der Waals surface area contributed by atoms with Crippen molar-refractivity contribution in [1.82, 2.24) is 9.21 Å². The summed E-state index contributed by atoms with van der Waals surface area (Å²) in [7, 11) is -3.14. The highest BCUT2D eigenvalue weighted by atomic mass is 79.9. The first-order chi connectivity index (χ1) is 9.86. The molecule has 1 heterocycles. The SMILES string of the molecule is CS(=O)(=O)N1CCN(C(=O)CCc2cccc(Br)c2)CC1. The van der Waals surface area contributed by atoms with Gasteiger partial charge in [0.15, 0.2) is 0 Å². The molecule has 116 valence electrons. The number of benzene rings is 1. The molecule has 0 atom stereocenters. The van der Waals surface area contributed by atoms with Crippen LogP contribution < -0.4 is 0 Å². The molecule has 7 heteroatoms. The molecular weight excluding hydrogens is 356 g/mol. The quantitative estimate of drug-likeness (QED) is 0.801. The van der Waals surface area contributed by atoms with E-state index in [0.717, 1.165) is 10.0 Å². The molecule has 21 heavy (non-hydrogen) atoms. The van der Waals surface area contributed by atoms with Gasteiger partial charge in [0.1, 0.15) is 0 Å². The summed E-state index contributed by atoms with van der Waals surface area (Å²) >= 11 is 3.41. The van der Waals surface area contributed by atoms with Gasteiger partial charge in [0.05, 0.1) is 6.26 Å². The summed E-state index contributed by atoms with van der Waals surface area (Å²) < 4.78 is 25.3. The van der Waals surface area contributed by atoms with Crippen LogP contribution in [0.15, 0.2) is 28.7 Å². The summed E-state index contributed by atoms with van der Waals surface area (Å²) in [6.07, 6.45) is 2.36. The normalized spacial score (nSPS) is 17.0. The minimum Gasteiger partial charge on any atom is -0.340 e. The average molecular weight is 375 g/mol. The predicted octanol–water partition coefficient (Wildman–Crippen LogP) is 1.49. The lowest BCUT2D eigenvalue weighted by Gasteiger charge is -2.33. The lowest BCUT2D eigenvalue weighted by molar-refractivity contribution is -0.132. The molecule has 0 saturated carbocycles. The zero-order chi connectivity index (χ0) is 15.5. The first kappa shape index (κ1) is 16.5. The van der Waals surface area contributed by atoms with Crippen molar-refractivity contribution in [2.75, 3.05) is 32.4 Å². The first-order valence-electron chi connectivity index (χ1n) is 6.83. The van der Waals surface area contributed by atoms with Crippen LogP contribution in [-0.2, 0) is 21.2 Å². The van der Waals surface area contributed by atoms with Crippen LogP contribution in [-0.4, -0.2) is 56.0 Å². The molecule has 0 spiro atoms. The van der Waals surface area contributed by atoms with E-state index in [1.165, 1.54) is 10.6 Å². The highest BCUT2D eigenvalue weighted by Crippen LogP contribution is 2.14. The Hall–Kier alpha value is -0.920. The van der Waals surface area contributed by atoms with Crippen molar-refractivity contribution in [3.63, 3.8) is 0 Å². The van der Waals surface area contributed by atoms with Gasteiger partial charge in [-0.05, 0) is 24.1 Å². The van der Waals surface area contributed by atoms with Crippen LogP contribution in [0.3, 0.4) is 0 Å². The Bertz CT molecular complexity index is 610. The van der Waals surface area contributed by atoms with E-state index in [4.69, 9.17) is 0 Å². The number of nitrogens with zero attached hydrogens (tertiary/aromatic N) is 2. The summed E-state index contributed by atoms with van der Waals surface area (Å²) in [6.45, 7) is 1.73. The first-order valence-corrected chi connectivity index (χ1v) is 9.48. The Morgan fingerprint density at radius 3 is 2.48 bits per heavy atom. The third-order valence-electron chi connectivity index (χ3n) is 3.58. The molecule has 2 rings (SSSR count). The van der Waals surface area contributed by atoms with Crippen LogP contribution in [0.1, 0.15) is 12.0 Å². The third-order valence-corrected chi connectivity index (χ3v) is 5.37. The molecule has 1 aliphatic rings. The molecule has 1 fully saturated rings. The summed E-state index contributed by atoms with van der Waals surface area (Å²) in [4.78, 5) is 13.9. The fourth-order valence-electron chi connectivity index (χ4n) is 2.37. The Balaban J connectivity index is 1.83. The molecule has 1 aromatic carbocycles. The van der Waals surface area contributed by atoms with Crippen LogP contribution in [0.4, 0.5) is 0 Å². The second kappa shape index (κ2) is 6.89. The highest BCUT2D eigenvalue weighted by Gasteiger charge is 2.25. The molecule has 0 unspecified atom stereocenters. The van der Waals surface area contributed by atoms with E-state index < -0.39 is 10.0 Å². The minimum absolute atomic E-state index is 0.0862. The Kier molecular flexibility index (Phi) is 5.40. The van der Waals surface area contributed by atoms with Crippen molar-refractivity contribution < 1.29 is 13.2 Å². The second-order valence-corrected chi connectivity index (χ2v) is 8.07. The topological polar surface area (TPSA) is 57.7 Å². The third kappa shape index (κ3) is 4.79. The number of piperazine rings is 1. The van der Waals surface area contributed by atoms with Crippen LogP contribution in [0, 0.1) is 0 Å². The molecule has 1 saturated heterocycles. The van der Waals surface area contributed by atoms with Gasteiger partial charge < -0.3 is 4.90 Å². The maximum atomic E-state index is 12.2. The molecular formula is C14H19BrN2O3S. The van der Waals surface area contributed by atoms with E-state index in [2.05, 4.69) is 15.9 Å². The number of amides is 1. The van der Waals surface area contributed by atoms with Crippen molar-refractivity contribution in [3.8, 4) is 0 Å². The number of hydrogen-bond donors (Lipinski definition) is 0. The number of aryl methyl sites for hydroxylation is 1. The van der Waals surface area contributed by atoms with Gasteiger partial charge in [0.25, 0.3) is 0 Å². The van der Waals surface area contributed by atoms with E-state index >= 15 is 0 Å². The monoisotopic (exact) mass is 374 g/mol. The smallest absolute Gasteiger partial charge is 0.222 e. The number of carbonyl (C=O) groups is 1. The van der Waals surface area contributed by atoms with Crippen molar-refractivity contribution in [2.45, 2.75) is 12.8 Å². The fraction of sp³-hybridized carbons (Fsp3) is 0.500. The van der Waals surface area contributed by atoms with Crippen LogP contribution in [0.2, 0.25) is 0 Å². The van der Waals surface area contributed by atoms with Crippen molar-refractivity contribution in [1.29, 1.82) is 0 Å². The zero-order valence-electron chi connectivity index (χ0n) is 12.0. The largest absolute Gasteiger partial charge is 0.340 e. The molecule has 0 radical (unpaired) electrons. The molecule has 0 aliphatic carbocycles. The maximum absolute atomic E-state index is 12.2. The van der Waals surface area contributed by atoms with Gasteiger partial charge in [-0.2, -0.15) is 4.31 Å². The molecule has 1 amide bonds. The van der Waals surface area contributed by atoms with Gasteiger partial charge in [0.2, 0.25) is 15.9 Å². The van der Waals surface area contributed by atoms with Gasteiger partial charge in [0, 0.05) is 37.1 Å². The van der Waals surface area contributed by atoms with Gasteiger partial charge >= 0.3 is 0 Å². The summed E-state index contributed by atoms with van der Waals surface area (Å²) in [5.41, 5.74) is 1.12. The lowest BCUT2D eigenvalue weighted by Crippen LogP contribution is -2.50. The van der Waals surface area contributed by atoms with Crippen LogP contribution >= 0.6 is 15.9 Å². The number of rotatable bonds is 4. The molecule has 0 bridgehead atoms. The Morgan fingerprint density at radius 1 is 1.24 bits per heavy atom. The number of sulfonamides is 1. The minimum atomic E-state index is -3.14. The Labute approximate surface area is 134 Å². The summed E-state index contributed by atoms with van der Waals surface area (Å²) in [6, 6.07) is 7.92. The maximum Gasteiger partial charge on any atom is 0.222 e. The van der Waals surface area contributed by atoms with E-state index in [9.17, 15) is 13.2 Å². The molecule has 0 N–H and O–H groups in total. The van der Waals surface area contributed by atoms with Crippen LogP contribution in [0.25, 0.3) is 0 Å². The Morgan fingerprint density at radius 2 is 1.90 bits per heavy atom. The van der Waals surface area contributed by atoms with Crippen molar-refractivity contribution in [2.24, 2.45) is 0 Å². The van der Waals surface area contributed by atoms with E-state index in [0.29, 0.717) is 39.0 Å². The van der Waals surface area contributed by atoms with Gasteiger partial charge in [-0.1, -0.05) is 28.1 Å². The van der Waals surface area contributed by atoms with Gasteiger partial charge in [-0.3, -0.25) is 4.79 Å². The molecule has 1 aromatic rings. The fourth-order valence-corrected chi connectivity index (χ4v) is 3.64. The van der Waals surface area contributed by atoms with Crippen molar-refractivity contribution in [3.05, 3.63) is 34.3 Å². The second-order valence-electron chi connectivity index (χ2n) is 5.17. The number of hydrogen-bond acceptors (Lipinski definition) is 3. The highest BCUT2D eigenvalue weighted by molar-refractivity contribution is 9.10. The lowest BCUT2D eigenvalue weighted by atomic mass is 10.1. The van der Waals surface area contributed by atoms with E-state index in [1.54, 1.807) is 4.90 Å². The van der Waals surface area contributed by atoms with Gasteiger partial charge in [-0.15, -0.1) is 0 Å². The molecule has 5 nitrogen and oxygen atoms in total. The average Bonchev–Trinajstić information content (AvgIpc) is 2.44. The van der Waals surface area contributed by atoms with Crippen LogP contribution in [0.5, 0.6) is 0 Å². The summed E-state index contributed by atoms with van der Waals surface area (Å²) in [5.74, 6) is 0.0862. The number of carbonyl (C=O) groups excluding carboxylic acids is 1. The standard InChI is InChI=1S/C14H19BrN2O3S/c1-21(19,20)17-9-7-16(8-10-17)14(18)6-5-12-3-2-4-13(15)11-12/h2-4,11H,5-10H2,1H3. The van der Waals surface area contributed by atoms with Crippen molar-refractivity contribution >= 4 is 31.9 Å². The summed E-state index contributed by atoms with van der Waals surface area (Å²) in [5, 5.41) is 0. The zero-order valence-corrected chi connectivity index (χ0v) is 14.4. The molecule has 1 aliphatic heterocycles. The number of halogens is 1. The van der Waals surface area contributed by atoms with Gasteiger partial charge in [-0.25, -0.2) is 8.42 Å².